The lowest BCUT2D eigenvalue weighted by Gasteiger charge is -2.02. The van der Waals surface area contributed by atoms with Gasteiger partial charge in [-0.2, -0.15) is 0 Å². The number of hydrogen-bond donors (Lipinski definition) is 1. The van der Waals surface area contributed by atoms with E-state index in [0.717, 1.165) is 0 Å². The van der Waals surface area contributed by atoms with Crippen LogP contribution in [0, 0.1) is 0 Å². The standard InChI is InChI=1S/C8H5Cl3O2/c9-5-1-4(7(13)3-12)2-6(10)8(5)11/h1-2,12H,3H2. The molecule has 0 atom stereocenters. The predicted molar refractivity (Wildman–Crippen MR) is 52.9 cm³/mol. The average molecular weight is 239 g/mol. The Morgan fingerprint density at radius 1 is 1.23 bits per heavy atom. The van der Waals surface area contributed by atoms with Gasteiger partial charge in [-0.3, -0.25) is 4.79 Å². The fourth-order valence-electron chi connectivity index (χ4n) is 0.808. The van der Waals surface area contributed by atoms with Crippen LogP contribution in [0.4, 0.5) is 0 Å². The molecule has 0 heterocycles. The van der Waals surface area contributed by atoms with Gasteiger partial charge >= 0.3 is 0 Å². The summed E-state index contributed by atoms with van der Waals surface area (Å²) in [5.41, 5.74) is 0.252. The molecule has 0 unspecified atom stereocenters. The highest BCUT2D eigenvalue weighted by Gasteiger charge is 2.10. The zero-order valence-electron chi connectivity index (χ0n) is 6.35. The Balaban J connectivity index is 3.20. The second-order valence-electron chi connectivity index (χ2n) is 2.34. The normalized spacial score (nSPS) is 10.2. The van der Waals surface area contributed by atoms with Crippen molar-refractivity contribution in [1.29, 1.82) is 0 Å². The zero-order valence-corrected chi connectivity index (χ0v) is 8.62. The van der Waals surface area contributed by atoms with E-state index in [9.17, 15) is 4.79 Å². The lowest BCUT2D eigenvalue weighted by atomic mass is 10.1. The minimum Gasteiger partial charge on any atom is -0.388 e. The maximum Gasteiger partial charge on any atom is 0.188 e. The fraction of sp³-hybridized carbons (Fsp3) is 0.125. The van der Waals surface area contributed by atoms with Crippen LogP contribution in [0.25, 0.3) is 0 Å². The van der Waals surface area contributed by atoms with Crippen molar-refractivity contribution in [1.82, 2.24) is 0 Å². The van der Waals surface area contributed by atoms with Gasteiger partial charge < -0.3 is 5.11 Å². The van der Waals surface area contributed by atoms with Crippen molar-refractivity contribution in [2.24, 2.45) is 0 Å². The molecule has 0 saturated heterocycles. The molecule has 1 aromatic rings. The van der Waals surface area contributed by atoms with E-state index in [4.69, 9.17) is 39.9 Å². The molecule has 13 heavy (non-hydrogen) atoms. The van der Waals surface area contributed by atoms with Crippen LogP contribution in [0.3, 0.4) is 0 Å². The maximum atomic E-state index is 11.0. The molecule has 0 radical (unpaired) electrons. The van der Waals surface area contributed by atoms with Crippen LogP contribution in [-0.2, 0) is 0 Å². The molecule has 0 bridgehead atoms. The van der Waals surface area contributed by atoms with Gasteiger partial charge in [-0.1, -0.05) is 34.8 Å². The quantitative estimate of drug-likeness (QED) is 0.636. The number of carbonyl (C=O) groups is 1. The Hall–Kier alpha value is -0.280. The molecule has 0 spiro atoms. The van der Waals surface area contributed by atoms with Gasteiger partial charge in [0, 0.05) is 5.56 Å². The summed E-state index contributed by atoms with van der Waals surface area (Å²) in [4.78, 5) is 11.0. The first-order chi connectivity index (χ1) is 6.06. The van der Waals surface area contributed by atoms with Gasteiger partial charge in [0.1, 0.15) is 6.61 Å². The molecule has 0 aliphatic rings. The van der Waals surface area contributed by atoms with Crippen molar-refractivity contribution in [2.75, 3.05) is 6.61 Å². The van der Waals surface area contributed by atoms with E-state index in [1.165, 1.54) is 12.1 Å². The highest BCUT2D eigenvalue weighted by molar-refractivity contribution is 6.48. The summed E-state index contributed by atoms with van der Waals surface area (Å²) in [5, 5.41) is 9.18. The number of ketones is 1. The van der Waals surface area contributed by atoms with Gasteiger partial charge in [0.25, 0.3) is 0 Å². The van der Waals surface area contributed by atoms with Gasteiger partial charge in [-0.05, 0) is 12.1 Å². The molecule has 0 fully saturated rings. The second kappa shape index (κ2) is 4.29. The molecule has 0 aliphatic heterocycles. The van der Waals surface area contributed by atoms with Crippen LogP contribution in [0.2, 0.25) is 15.1 Å². The minimum atomic E-state index is -0.575. The Kier molecular flexibility index (Phi) is 3.56. The first kappa shape index (κ1) is 10.8. The molecular weight excluding hydrogens is 234 g/mol. The Morgan fingerprint density at radius 3 is 2.08 bits per heavy atom. The number of halogens is 3. The van der Waals surface area contributed by atoms with Crippen LogP contribution in [0.1, 0.15) is 10.4 Å². The number of carbonyl (C=O) groups excluding carboxylic acids is 1. The lowest BCUT2D eigenvalue weighted by molar-refractivity contribution is 0.0904. The molecule has 1 rings (SSSR count). The first-order valence-corrected chi connectivity index (χ1v) is 4.48. The van der Waals surface area contributed by atoms with E-state index >= 15 is 0 Å². The topological polar surface area (TPSA) is 37.3 Å². The highest BCUT2D eigenvalue weighted by atomic mass is 35.5. The second-order valence-corrected chi connectivity index (χ2v) is 3.53. The molecule has 0 amide bonds. The minimum absolute atomic E-state index is 0.200. The van der Waals surface area contributed by atoms with Crippen LogP contribution in [0.15, 0.2) is 12.1 Å². The number of aliphatic hydroxyl groups is 1. The molecular formula is C8H5Cl3O2. The van der Waals surface area contributed by atoms with Gasteiger partial charge in [0.15, 0.2) is 5.78 Å². The van der Waals surface area contributed by atoms with Crippen LogP contribution >= 0.6 is 34.8 Å². The molecule has 0 aliphatic carbocycles. The van der Waals surface area contributed by atoms with Crippen LogP contribution in [-0.4, -0.2) is 17.5 Å². The van der Waals surface area contributed by atoms with Crippen molar-refractivity contribution in [2.45, 2.75) is 0 Å². The monoisotopic (exact) mass is 238 g/mol. The van der Waals surface area contributed by atoms with Crippen LogP contribution < -0.4 is 0 Å². The van der Waals surface area contributed by atoms with Crippen molar-refractivity contribution < 1.29 is 9.90 Å². The van der Waals surface area contributed by atoms with Crippen molar-refractivity contribution in [3.05, 3.63) is 32.8 Å². The van der Waals surface area contributed by atoms with E-state index in [1.54, 1.807) is 0 Å². The van der Waals surface area contributed by atoms with Gasteiger partial charge in [-0.25, -0.2) is 0 Å². The molecule has 1 N–H and O–H groups in total. The Labute approximate surface area is 90.0 Å². The highest BCUT2D eigenvalue weighted by Crippen LogP contribution is 2.31. The van der Waals surface area contributed by atoms with Crippen molar-refractivity contribution in [3.63, 3.8) is 0 Å². The van der Waals surface area contributed by atoms with E-state index in [2.05, 4.69) is 0 Å². The van der Waals surface area contributed by atoms with E-state index in [-0.39, 0.29) is 20.6 Å². The van der Waals surface area contributed by atoms with E-state index < -0.39 is 12.4 Å². The number of Topliss-reactive ketones (excluding diaryl/α,β-unsaturated/α-hetero) is 1. The van der Waals surface area contributed by atoms with Gasteiger partial charge in [-0.15, -0.1) is 0 Å². The maximum absolute atomic E-state index is 11.0. The first-order valence-electron chi connectivity index (χ1n) is 3.35. The third kappa shape index (κ3) is 2.35. The molecule has 5 heteroatoms. The lowest BCUT2D eigenvalue weighted by Crippen LogP contribution is -2.04. The molecule has 1 aromatic carbocycles. The predicted octanol–water partition coefficient (Wildman–Crippen LogP) is 2.82. The number of aliphatic hydroxyl groups excluding tert-OH is 1. The van der Waals surface area contributed by atoms with Crippen molar-refractivity contribution >= 4 is 40.6 Å². The summed E-state index contributed by atoms with van der Waals surface area (Å²) in [6.45, 7) is -0.575. The molecule has 2 nitrogen and oxygen atoms in total. The Bertz CT molecular complexity index is 326. The SMILES string of the molecule is O=C(CO)c1cc(Cl)c(Cl)c(Cl)c1. The van der Waals surface area contributed by atoms with Gasteiger partial charge in [0.05, 0.1) is 15.1 Å². The third-order valence-electron chi connectivity index (χ3n) is 1.45. The largest absolute Gasteiger partial charge is 0.388 e. The van der Waals surface area contributed by atoms with Gasteiger partial charge in [0.2, 0.25) is 0 Å². The average Bonchev–Trinajstić information content (AvgIpc) is 2.12. The number of benzene rings is 1. The summed E-state index contributed by atoms with van der Waals surface area (Å²) < 4.78 is 0. The van der Waals surface area contributed by atoms with Crippen molar-refractivity contribution in [3.8, 4) is 0 Å². The Morgan fingerprint density at radius 2 is 1.69 bits per heavy atom. The van der Waals surface area contributed by atoms with Crippen LogP contribution in [0.5, 0.6) is 0 Å². The third-order valence-corrected chi connectivity index (χ3v) is 2.65. The smallest absolute Gasteiger partial charge is 0.188 e. The van der Waals surface area contributed by atoms with E-state index in [1.807, 2.05) is 0 Å². The van der Waals surface area contributed by atoms with E-state index in [0.29, 0.717) is 0 Å². The fourth-order valence-corrected chi connectivity index (χ4v) is 1.40. The number of hydrogen-bond acceptors (Lipinski definition) is 2. The summed E-state index contributed by atoms with van der Waals surface area (Å²) in [5.74, 6) is -0.444. The summed E-state index contributed by atoms with van der Waals surface area (Å²) in [6.07, 6.45) is 0. The molecule has 0 saturated carbocycles. The molecule has 0 aromatic heterocycles. The summed E-state index contributed by atoms with van der Waals surface area (Å²) >= 11 is 17.0. The molecule has 70 valence electrons. The summed E-state index contributed by atoms with van der Waals surface area (Å²) in [7, 11) is 0. The number of rotatable bonds is 2. The summed E-state index contributed by atoms with van der Waals surface area (Å²) in [6, 6.07) is 2.74. The zero-order chi connectivity index (χ0) is 10.0.